The summed E-state index contributed by atoms with van der Waals surface area (Å²) in [4.78, 5) is 0. The van der Waals surface area contributed by atoms with Crippen LogP contribution in [0.3, 0.4) is 0 Å². The Bertz CT molecular complexity index is 386. The molecule has 2 rings (SSSR count). The molecule has 0 bridgehead atoms. The van der Waals surface area contributed by atoms with E-state index in [4.69, 9.17) is 11.6 Å². The van der Waals surface area contributed by atoms with Crippen LogP contribution in [-0.2, 0) is 0 Å². The number of hydrogen-bond donors (Lipinski definition) is 0. The van der Waals surface area contributed by atoms with Gasteiger partial charge in [-0.25, -0.2) is 0 Å². The highest BCUT2D eigenvalue weighted by Gasteiger charge is 2.11. The van der Waals surface area contributed by atoms with Gasteiger partial charge in [0, 0.05) is 0 Å². The Hall–Kier alpha value is -0.750. The normalized spacial score (nSPS) is 21.2. The van der Waals surface area contributed by atoms with E-state index >= 15 is 0 Å². The first-order chi connectivity index (χ1) is 8.16. The van der Waals surface area contributed by atoms with E-state index in [1.165, 1.54) is 36.0 Å². The zero-order valence-corrected chi connectivity index (χ0v) is 11.5. The number of alkyl halides is 1. The molecule has 1 aromatic rings. The molecule has 0 saturated heterocycles. The van der Waals surface area contributed by atoms with Crippen LogP contribution in [0, 0.1) is 0 Å². The summed E-state index contributed by atoms with van der Waals surface area (Å²) >= 11 is 6.27. The Balaban J connectivity index is 2.21. The standard InChI is InChI=1S/C16H21Cl/c1-12(2)13-7-9-14(10-8-13)15-5-3-4-6-16(17)11-15/h7-12,16H,3-6H2,1-2H3. The van der Waals surface area contributed by atoms with E-state index in [0.29, 0.717) is 5.92 Å². The number of allylic oxidation sites excluding steroid dienone is 2. The van der Waals surface area contributed by atoms with Crippen molar-refractivity contribution < 1.29 is 0 Å². The molecule has 0 N–H and O–H groups in total. The topological polar surface area (TPSA) is 0 Å². The van der Waals surface area contributed by atoms with E-state index in [9.17, 15) is 0 Å². The molecule has 0 nitrogen and oxygen atoms in total. The predicted octanol–water partition coefficient (Wildman–Crippen LogP) is 5.37. The molecule has 1 aliphatic carbocycles. The van der Waals surface area contributed by atoms with E-state index in [-0.39, 0.29) is 5.38 Å². The highest BCUT2D eigenvalue weighted by Crippen LogP contribution is 2.29. The maximum atomic E-state index is 6.27. The van der Waals surface area contributed by atoms with Gasteiger partial charge in [0.25, 0.3) is 0 Å². The third-order valence-electron chi connectivity index (χ3n) is 3.51. The minimum Gasteiger partial charge on any atom is -0.118 e. The molecule has 0 spiro atoms. The smallest absolute Gasteiger partial charge is 0.0521 e. The fourth-order valence-corrected chi connectivity index (χ4v) is 2.67. The fourth-order valence-electron chi connectivity index (χ4n) is 2.36. The van der Waals surface area contributed by atoms with E-state index < -0.39 is 0 Å². The molecule has 1 heteroatoms. The number of rotatable bonds is 2. The molecule has 1 atom stereocenters. The zero-order chi connectivity index (χ0) is 12.3. The Morgan fingerprint density at radius 2 is 1.82 bits per heavy atom. The summed E-state index contributed by atoms with van der Waals surface area (Å²) in [6, 6.07) is 8.98. The van der Waals surface area contributed by atoms with Crippen molar-refractivity contribution in [3.05, 3.63) is 41.5 Å². The first kappa shape index (κ1) is 12.7. The minimum atomic E-state index is 0.220. The average molecular weight is 249 g/mol. The van der Waals surface area contributed by atoms with Crippen molar-refractivity contribution >= 4 is 17.2 Å². The maximum absolute atomic E-state index is 6.27. The van der Waals surface area contributed by atoms with Crippen LogP contribution in [0.25, 0.3) is 5.57 Å². The van der Waals surface area contributed by atoms with Crippen LogP contribution in [-0.4, -0.2) is 5.38 Å². The molecule has 0 aliphatic heterocycles. The molecule has 0 saturated carbocycles. The lowest BCUT2D eigenvalue weighted by atomic mass is 9.97. The summed E-state index contributed by atoms with van der Waals surface area (Å²) in [5.74, 6) is 0.605. The average Bonchev–Trinajstić information content (AvgIpc) is 2.54. The van der Waals surface area contributed by atoms with Crippen molar-refractivity contribution in [2.75, 3.05) is 0 Å². The van der Waals surface area contributed by atoms with E-state index in [1.54, 1.807) is 0 Å². The molecule has 0 radical (unpaired) electrons. The van der Waals surface area contributed by atoms with Crippen molar-refractivity contribution in [2.24, 2.45) is 0 Å². The van der Waals surface area contributed by atoms with Gasteiger partial charge in [-0.2, -0.15) is 0 Å². The van der Waals surface area contributed by atoms with Crippen LogP contribution in [0.15, 0.2) is 30.3 Å². The van der Waals surface area contributed by atoms with Gasteiger partial charge >= 0.3 is 0 Å². The first-order valence-corrected chi connectivity index (χ1v) is 7.05. The summed E-state index contributed by atoms with van der Waals surface area (Å²) < 4.78 is 0. The highest BCUT2D eigenvalue weighted by atomic mass is 35.5. The second kappa shape index (κ2) is 5.73. The molecule has 0 heterocycles. The molecule has 1 aliphatic rings. The molecule has 17 heavy (non-hydrogen) atoms. The largest absolute Gasteiger partial charge is 0.118 e. The number of halogens is 1. The van der Waals surface area contributed by atoms with Gasteiger partial charge < -0.3 is 0 Å². The van der Waals surface area contributed by atoms with Crippen LogP contribution in [0.2, 0.25) is 0 Å². The molecule has 92 valence electrons. The van der Waals surface area contributed by atoms with Gasteiger partial charge in [0.1, 0.15) is 0 Å². The summed E-state index contributed by atoms with van der Waals surface area (Å²) in [5, 5.41) is 0.220. The van der Waals surface area contributed by atoms with Crippen LogP contribution in [0.4, 0.5) is 0 Å². The van der Waals surface area contributed by atoms with E-state index in [0.717, 1.165) is 6.42 Å². The SMILES string of the molecule is CC(C)c1ccc(C2=CC(Cl)CCCC2)cc1. The van der Waals surface area contributed by atoms with Gasteiger partial charge in [0.2, 0.25) is 0 Å². The summed E-state index contributed by atoms with van der Waals surface area (Å²) in [5.41, 5.74) is 4.19. The van der Waals surface area contributed by atoms with Crippen LogP contribution in [0.1, 0.15) is 56.6 Å². The van der Waals surface area contributed by atoms with Crippen molar-refractivity contribution in [1.82, 2.24) is 0 Å². The zero-order valence-electron chi connectivity index (χ0n) is 10.7. The highest BCUT2D eigenvalue weighted by molar-refractivity contribution is 6.22. The Morgan fingerprint density at radius 1 is 1.12 bits per heavy atom. The van der Waals surface area contributed by atoms with Gasteiger partial charge in [-0.1, -0.05) is 50.6 Å². The summed E-state index contributed by atoms with van der Waals surface area (Å²) in [6.07, 6.45) is 7.05. The predicted molar refractivity (Wildman–Crippen MR) is 76.6 cm³/mol. The molecule has 0 amide bonds. The second-order valence-electron chi connectivity index (χ2n) is 5.23. The lowest BCUT2D eigenvalue weighted by Gasteiger charge is -2.09. The quantitative estimate of drug-likeness (QED) is 0.617. The van der Waals surface area contributed by atoms with Crippen molar-refractivity contribution in [3.63, 3.8) is 0 Å². The fraction of sp³-hybridized carbons (Fsp3) is 0.500. The van der Waals surface area contributed by atoms with E-state index in [2.05, 4.69) is 44.2 Å². The molecular formula is C16H21Cl. The van der Waals surface area contributed by atoms with Crippen molar-refractivity contribution in [3.8, 4) is 0 Å². The Kier molecular flexibility index (Phi) is 4.28. The van der Waals surface area contributed by atoms with Gasteiger partial charge in [-0.15, -0.1) is 11.6 Å². The minimum absolute atomic E-state index is 0.220. The first-order valence-electron chi connectivity index (χ1n) is 6.62. The number of benzene rings is 1. The number of hydrogen-bond acceptors (Lipinski definition) is 0. The molecular weight excluding hydrogens is 228 g/mol. The Morgan fingerprint density at radius 3 is 2.47 bits per heavy atom. The summed E-state index contributed by atoms with van der Waals surface area (Å²) in [6.45, 7) is 4.46. The van der Waals surface area contributed by atoms with Crippen LogP contribution in [0.5, 0.6) is 0 Å². The van der Waals surface area contributed by atoms with E-state index in [1.807, 2.05) is 0 Å². The van der Waals surface area contributed by atoms with Crippen LogP contribution >= 0.6 is 11.6 Å². The molecule has 0 aromatic heterocycles. The van der Waals surface area contributed by atoms with Gasteiger partial charge in [0.05, 0.1) is 5.38 Å². The van der Waals surface area contributed by atoms with Crippen molar-refractivity contribution in [1.29, 1.82) is 0 Å². The molecule has 0 fully saturated rings. The molecule has 1 unspecified atom stereocenters. The maximum Gasteiger partial charge on any atom is 0.0521 e. The van der Waals surface area contributed by atoms with Gasteiger partial charge in [-0.05, 0) is 41.9 Å². The summed E-state index contributed by atoms with van der Waals surface area (Å²) in [7, 11) is 0. The second-order valence-corrected chi connectivity index (χ2v) is 5.79. The lowest BCUT2D eigenvalue weighted by molar-refractivity contribution is 0.724. The van der Waals surface area contributed by atoms with Crippen LogP contribution < -0.4 is 0 Å². The van der Waals surface area contributed by atoms with Crippen molar-refractivity contribution in [2.45, 2.75) is 50.8 Å². The lowest BCUT2D eigenvalue weighted by Crippen LogP contribution is -1.92. The Labute approximate surface area is 110 Å². The monoisotopic (exact) mass is 248 g/mol. The van der Waals surface area contributed by atoms with Gasteiger partial charge in [-0.3, -0.25) is 0 Å². The third kappa shape index (κ3) is 3.35. The third-order valence-corrected chi connectivity index (χ3v) is 3.85. The van der Waals surface area contributed by atoms with Gasteiger partial charge in [0.15, 0.2) is 0 Å². The molecule has 1 aromatic carbocycles.